The van der Waals surface area contributed by atoms with E-state index in [-0.39, 0.29) is 11.9 Å². The monoisotopic (exact) mass is 295 g/mol. The lowest BCUT2D eigenvalue weighted by Crippen LogP contribution is -2.47. The SMILES string of the molecule is CCCC(N)C(=O)N1CCCC(c2nc(CC)cs2)C1. The predicted octanol–water partition coefficient (Wildman–Crippen LogP) is 2.54. The van der Waals surface area contributed by atoms with E-state index in [2.05, 4.69) is 24.2 Å². The van der Waals surface area contributed by atoms with Crippen LogP contribution in [-0.2, 0) is 11.2 Å². The highest BCUT2D eigenvalue weighted by molar-refractivity contribution is 7.09. The summed E-state index contributed by atoms with van der Waals surface area (Å²) in [6.45, 7) is 5.82. The normalized spacial score (nSPS) is 20.9. The van der Waals surface area contributed by atoms with Crippen molar-refractivity contribution in [2.45, 2.75) is 57.9 Å². The highest BCUT2D eigenvalue weighted by atomic mass is 32.1. The Morgan fingerprint density at radius 1 is 1.60 bits per heavy atom. The molecular formula is C15H25N3OS. The second-order valence-corrected chi connectivity index (χ2v) is 6.44. The van der Waals surface area contributed by atoms with Crippen molar-refractivity contribution < 1.29 is 4.79 Å². The summed E-state index contributed by atoms with van der Waals surface area (Å²) in [5.74, 6) is 0.510. The Balaban J connectivity index is 1.99. The zero-order valence-electron chi connectivity index (χ0n) is 12.5. The van der Waals surface area contributed by atoms with Crippen LogP contribution in [0.5, 0.6) is 0 Å². The average Bonchev–Trinajstić information content (AvgIpc) is 2.96. The van der Waals surface area contributed by atoms with E-state index in [4.69, 9.17) is 5.73 Å². The van der Waals surface area contributed by atoms with Crippen molar-refractivity contribution in [1.82, 2.24) is 9.88 Å². The third kappa shape index (κ3) is 3.58. The van der Waals surface area contributed by atoms with Crippen LogP contribution in [0.25, 0.3) is 0 Å². The topological polar surface area (TPSA) is 59.2 Å². The van der Waals surface area contributed by atoms with Crippen molar-refractivity contribution in [3.05, 3.63) is 16.1 Å². The first-order chi connectivity index (χ1) is 9.65. The van der Waals surface area contributed by atoms with Crippen molar-refractivity contribution in [2.24, 2.45) is 5.73 Å². The lowest BCUT2D eigenvalue weighted by atomic mass is 9.97. The molecule has 1 aromatic rings. The number of carbonyl (C=O) groups excluding carboxylic acids is 1. The van der Waals surface area contributed by atoms with E-state index in [1.54, 1.807) is 11.3 Å². The number of hydrogen-bond donors (Lipinski definition) is 1. The van der Waals surface area contributed by atoms with Gasteiger partial charge >= 0.3 is 0 Å². The Morgan fingerprint density at radius 2 is 2.40 bits per heavy atom. The van der Waals surface area contributed by atoms with Gasteiger partial charge in [0.15, 0.2) is 0 Å². The van der Waals surface area contributed by atoms with Crippen LogP contribution in [0, 0.1) is 0 Å². The molecule has 1 aliphatic rings. The molecule has 1 amide bonds. The Bertz CT molecular complexity index is 446. The fourth-order valence-corrected chi connectivity index (χ4v) is 3.75. The highest BCUT2D eigenvalue weighted by Crippen LogP contribution is 2.29. The summed E-state index contributed by atoms with van der Waals surface area (Å²) in [7, 11) is 0. The summed E-state index contributed by atoms with van der Waals surface area (Å²) in [6, 6.07) is -0.332. The first-order valence-corrected chi connectivity index (χ1v) is 8.52. The van der Waals surface area contributed by atoms with E-state index in [0.717, 1.165) is 50.9 Å². The van der Waals surface area contributed by atoms with Crippen LogP contribution in [0.3, 0.4) is 0 Å². The number of nitrogens with zero attached hydrogens (tertiary/aromatic N) is 2. The summed E-state index contributed by atoms with van der Waals surface area (Å²) in [5.41, 5.74) is 7.13. The maximum atomic E-state index is 12.3. The molecule has 4 nitrogen and oxygen atoms in total. The number of amides is 1. The van der Waals surface area contributed by atoms with Crippen LogP contribution in [0.2, 0.25) is 0 Å². The van der Waals surface area contributed by atoms with Gasteiger partial charge in [-0.3, -0.25) is 4.79 Å². The Kier molecular flexibility index (Phi) is 5.54. The Morgan fingerprint density at radius 3 is 3.05 bits per heavy atom. The minimum absolute atomic E-state index is 0.115. The maximum absolute atomic E-state index is 12.3. The third-order valence-corrected chi connectivity index (χ3v) is 4.99. The van der Waals surface area contributed by atoms with Gasteiger partial charge in [-0.05, 0) is 25.7 Å². The molecule has 2 unspecified atom stereocenters. The molecule has 1 aliphatic heterocycles. The Labute approximate surface area is 125 Å². The van der Waals surface area contributed by atoms with E-state index in [1.165, 1.54) is 5.01 Å². The second-order valence-electron chi connectivity index (χ2n) is 5.55. The molecule has 5 heteroatoms. The summed E-state index contributed by atoms with van der Waals surface area (Å²) in [4.78, 5) is 18.9. The number of nitrogens with two attached hydrogens (primary N) is 1. The summed E-state index contributed by atoms with van der Waals surface area (Å²) < 4.78 is 0. The van der Waals surface area contributed by atoms with Crippen molar-refractivity contribution in [2.75, 3.05) is 13.1 Å². The molecule has 1 aromatic heterocycles. The number of piperidine rings is 1. The van der Waals surface area contributed by atoms with Crippen LogP contribution in [0.1, 0.15) is 56.2 Å². The molecule has 0 saturated carbocycles. The van der Waals surface area contributed by atoms with Crippen LogP contribution < -0.4 is 5.73 Å². The van der Waals surface area contributed by atoms with E-state index in [9.17, 15) is 4.79 Å². The van der Waals surface area contributed by atoms with Crippen LogP contribution >= 0.6 is 11.3 Å². The number of aryl methyl sites for hydroxylation is 1. The molecule has 0 radical (unpaired) electrons. The molecule has 0 aliphatic carbocycles. The number of hydrogen-bond acceptors (Lipinski definition) is 4. The molecule has 112 valence electrons. The number of thiazole rings is 1. The van der Waals surface area contributed by atoms with Gasteiger partial charge in [0.25, 0.3) is 0 Å². The summed E-state index contributed by atoms with van der Waals surface area (Å²) >= 11 is 1.73. The van der Waals surface area contributed by atoms with Gasteiger partial charge in [0.05, 0.1) is 16.7 Å². The number of carbonyl (C=O) groups is 1. The van der Waals surface area contributed by atoms with Gasteiger partial charge < -0.3 is 10.6 Å². The van der Waals surface area contributed by atoms with Crippen molar-refractivity contribution in [3.8, 4) is 0 Å². The van der Waals surface area contributed by atoms with Gasteiger partial charge in [-0.15, -0.1) is 11.3 Å². The molecule has 1 saturated heterocycles. The van der Waals surface area contributed by atoms with Gasteiger partial charge in [0, 0.05) is 24.4 Å². The minimum atomic E-state index is -0.332. The molecule has 2 atom stereocenters. The third-order valence-electron chi connectivity index (χ3n) is 3.93. The summed E-state index contributed by atoms with van der Waals surface area (Å²) in [5, 5.41) is 3.32. The molecule has 2 N–H and O–H groups in total. The lowest BCUT2D eigenvalue weighted by molar-refractivity contribution is -0.134. The van der Waals surface area contributed by atoms with Gasteiger partial charge in [-0.25, -0.2) is 4.98 Å². The number of aromatic nitrogens is 1. The largest absolute Gasteiger partial charge is 0.341 e. The lowest BCUT2D eigenvalue weighted by Gasteiger charge is -2.33. The van der Waals surface area contributed by atoms with Crippen molar-refractivity contribution in [1.29, 1.82) is 0 Å². The zero-order valence-corrected chi connectivity index (χ0v) is 13.3. The molecule has 0 bridgehead atoms. The first kappa shape index (κ1) is 15.4. The standard InChI is InChI=1S/C15H25N3OS/c1-3-6-13(16)15(19)18-8-5-7-11(9-18)14-17-12(4-2)10-20-14/h10-11,13H,3-9,16H2,1-2H3. The molecule has 0 aromatic carbocycles. The molecule has 2 heterocycles. The predicted molar refractivity (Wildman–Crippen MR) is 82.9 cm³/mol. The van der Waals surface area contributed by atoms with E-state index < -0.39 is 0 Å². The van der Waals surface area contributed by atoms with Gasteiger partial charge in [-0.2, -0.15) is 0 Å². The second kappa shape index (κ2) is 7.18. The van der Waals surface area contributed by atoms with Crippen molar-refractivity contribution in [3.63, 3.8) is 0 Å². The fraction of sp³-hybridized carbons (Fsp3) is 0.733. The maximum Gasteiger partial charge on any atom is 0.239 e. The van der Waals surface area contributed by atoms with Gasteiger partial charge in [0.2, 0.25) is 5.91 Å². The highest BCUT2D eigenvalue weighted by Gasteiger charge is 2.28. The van der Waals surface area contributed by atoms with E-state index >= 15 is 0 Å². The molecule has 20 heavy (non-hydrogen) atoms. The minimum Gasteiger partial charge on any atom is -0.341 e. The smallest absolute Gasteiger partial charge is 0.239 e. The van der Waals surface area contributed by atoms with Gasteiger partial charge in [-0.1, -0.05) is 20.3 Å². The Hall–Kier alpha value is -0.940. The van der Waals surface area contributed by atoms with Gasteiger partial charge in [0.1, 0.15) is 0 Å². The fourth-order valence-electron chi connectivity index (χ4n) is 2.72. The zero-order chi connectivity index (χ0) is 14.5. The number of likely N-dealkylation sites (tertiary alicyclic amines) is 1. The summed E-state index contributed by atoms with van der Waals surface area (Å²) in [6.07, 6.45) is 4.89. The average molecular weight is 295 g/mol. The molecule has 2 rings (SSSR count). The quantitative estimate of drug-likeness (QED) is 0.908. The van der Waals surface area contributed by atoms with Crippen molar-refractivity contribution >= 4 is 17.2 Å². The first-order valence-electron chi connectivity index (χ1n) is 7.64. The molecular weight excluding hydrogens is 270 g/mol. The van der Waals surface area contributed by atoms with Crippen LogP contribution in [0.4, 0.5) is 0 Å². The number of rotatable bonds is 5. The van der Waals surface area contributed by atoms with Crippen LogP contribution in [-0.4, -0.2) is 34.9 Å². The molecule has 1 fully saturated rings. The van der Waals surface area contributed by atoms with Crippen LogP contribution in [0.15, 0.2) is 5.38 Å². The molecule has 0 spiro atoms. The van der Waals surface area contributed by atoms with E-state index in [0.29, 0.717) is 5.92 Å². The van der Waals surface area contributed by atoms with E-state index in [1.807, 2.05) is 4.90 Å².